The first-order valence-corrected chi connectivity index (χ1v) is 10.4. The molecule has 0 amide bonds. The molecule has 32 heavy (non-hydrogen) atoms. The van der Waals surface area contributed by atoms with Gasteiger partial charge in [0, 0.05) is 11.8 Å². The molecule has 0 aromatic heterocycles. The van der Waals surface area contributed by atoms with Crippen molar-refractivity contribution in [2.24, 2.45) is 5.11 Å². The summed E-state index contributed by atoms with van der Waals surface area (Å²) in [6.07, 6.45) is -3.64. The van der Waals surface area contributed by atoms with Crippen LogP contribution in [0.15, 0.2) is 65.8 Å². The fourth-order valence-electron chi connectivity index (χ4n) is 3.53. The van der Waals surface area contributed by atoms with Gasteiger partial charge >= 0.3 is 5.97 Å². The number of benzene rings is 2. The smallest absolute Gasteiger partial charge is 0.303 e. The predicted molar refractivity (Wildman–Crippen MR) is 115 cm³/mol. The van der Waals surface area contributed by atoms with E-state index in [0.29, 0.717) is 6.61 Å². The van der Waals surface area contributed by atoms with Gasteiger partial charge < -0.3 is 24.1 Å². The third-order valence-electron chi connectivity index (χ3n) is 5.05. The van der Waals surface area contributed by atoms with Crippen LogP contribution in [0.2, 0.25) is 0 Å². The minimum absolute atomic E-state index is 0.0398. The highest BCUT2D eigenvalue weighted by atomic mass is 16.7. The van der Waals surface area contributed by atoms with Gasteiger partial charge in [0.25, 0.3) is 0 Å². The maximum Gasteiger partial charge on any atom is 0.303 e. The lowest BCUT2D eigenvalue weighted by Crippen LogP contribution is -2.45. The molecule has 2 aromatic carbocycles. The van der Waals surface area contributed by atoms with Crippen molar-refractivity contribution in [3.63, 3.8) is 0 Å². The summed E-state index contributed by atoms with van der Waals surface area (Å²) in [5.41, 5.74) is 10.8. The fraction of sp³-hybridized carbons (Fsp3) is 0.435. The Hall–Kier alpha value is -2.94. The predicted octanol–water partition coefficient (Wildman–Crippen LogP) is 3.51. The van der Waals surface area contributed by atoms with Gasteiger partial charge in [-0.05, 0) is 23.1 Å². The van der Waals surface area contributed by atoms with E-state index in [1.54, 1.807) is 0 Å². The van der Waals surface area contributed by atoms with E-state index in [2.05, 4.69) is 10.0 Å². The van der Waals surface area contributed by atoms with Gasteiger partial charge in [0.2, 0.25) is 0 Å². The number of hydrogen-bond acceptors (Lipinski definition) is 7. The van der Waals surface area contributed by atoms with Gasteiger partial charge in [0.05, 0.1) is 32.0 Å². The van der Waals surface area contributed by atoms with Crippen molar-refractivity contribution in [2.75, 3.05) is 6.61 Å². The molecule has 0 aliphatic carbocycles. The maximum absolute atomic E-state index is 11.9. The highest BCUT2D eigenvalue weighted by Gasteiger charge is 2.42. The van der Waals surface area contributed by atoms with Crippen molar-refractivity contribution in [2.45, 2.75) is 57.2 Å². The van der Waals surface area contributed by atoms with Gasteiger partial charge in [-0.25, -0.2) is 0 Å². The number of rotatable bonds is 9. The van der Waals surface area contributed by atoms with Crippen LogP contribution in [0.1, 0.15) is 24.5 Å². The Morgan fingerprint density at radius 3 is 2.34 bits per heavy atom. The Morgan fingerprint density at radius 2 is 1.75 bits per heavy atom. The number of carbonyl (C=O) groups excluding carboxylic acids is 1. The van der Waals surface area contributed by atoms with Gasteiger partial charge in [0.15, 0.2) is 12.4 Å². The Labute approximate surface area is 186 Å². The van der Waals surface area contributed by atoms with Crippen molar-refractivity contribution in [1.82, 2.24) is 0 Å². The second-order valence-corrected chi connectivity index (χ2v) is 7.48. The highest BCUT2D eigenvalue weighted by Crippen LogP contribution is 2.27. The summed E-state index contributed by atoms with van der Waals surface area (Å²) in [4.78, 5) is 14.7. The average Bonchev–Trinajstić information content (AvgIpc) is 2.91. The minimum atomic E-state index is -1.39. The van der Waals surface area contributed by atoms with Gasteiger partial charge in [-0.1, -0.05) is 65.8 Å². The van der Waals surface area contributed by atoms with Crippen LogP contribution >= 0.6 is 0 Å². The van der Waals surface area contributed by atoms with Crippen molar-refractivity contribution in [1.29, 1.82) is 0 Å². The number of ether oxygens (including phenoxy) is 4. The van der Waals surface area contributed by atoms with E-state index in [-0.39, 0.29) is 19.6 Å². The van der Waals surface area contributed by atoms with Gasteiger partial charge in [-0.2, -0.15) is 0 Å². The molecule has 170 valence electrons. The van der Waals surface area contributed by atoms with Crippen LogP contribution in [0.4, 0.5) is 0 Å². The van der Waals surface area contributed by atoms with Gasteiger partial charge in [-0.15, -0.1) is 0 Å². The van der Waals surface area contributed by atoms with Crippen LogP contribution in [-0.2, 0) is 37.0 Å². The van der Waals surface area contributed by atoms with Crippen LogP contribution in [0, 0.1) is 0 Å². The summed E-state index contributed by atoms with van der Waals surface area (Å²) in [5, 5.41) is 14.1. The molecule has 1 aliphatic heterocycles. The Morgan fingerprint density at radius 1 is 1.12 bits per heavy atom. The molecule has 9 heteroatoms. The quantitative estimate of drug-likeness (QED) is 0.275. The lowest BCUT2D eigenvalue weighted by atomic mass is 10.0. The number of esters is 1. The average molecular weight is 441 g/mol. The molecular weight excluding hydrogens is 414 g/mol. The molecule has 1 saturated heterocycles. The zero-order valence-electron chi connectivity index (χ0n) is 17.8. The molecule has 3 rings (SSSR count). The number of aliphatic hydroxyl groups excluding tert-OH is 1. The van der Waals surface area contributed by atoms with Crippen molar-refractivity contribution < 1.29 is 28.8 Å². The van der Waals surface area contributed by atoms with Gasteiger partial charge in [0.1, 0.15) is 6.10 Å². The number of azide groups is 1. The molecule has 5 atom stereocenters. The molecule has 0 bridgehead atoms. The van der Waals surface area contributed by atoms with E-state index in [1.165, 1.54) is 6.92 Å². The highest BCUT2D eigenvalue weighted by molar-refractivity contribution is 5.66. The number of aliphatic hydroxyl groups is 1. The monoisotopic (exact) mass is 441 g/mol. The fourth-order valence-corrected chi connectivity index (χ4v) is 3.53. The molecule has 2 aromatic rings. The standard InChI is InChI=1S/C23H27N3O6/c1-16(27)31-22-20(30-14-18-10-6-3-7-11-18)12-19(25-26-24)23(28)32-21(22)15-29-13-17-8-4-2-5-9-17/h2-11,19-23,28H,12-15H2,1H3/t19?,20?,21?,22-,23+/m0/s1. The van der Waals surface area contributed by atoms with Crippen LogP contribution in [0.25, 0.3) is 10.4 Å². The zero-order valence-corrected chi connectivity index (χ0v) is 17.8. The van der Waals surface area contributed by atoms with E-state index in [1.807, 2.05) is 60.7 Å². The van der Waals surface area contributed by atoms with Crippen LogP contribution in [0.5, 0.6) is 0 Å². The molecule has 1 heterocycles. The van der Waals surface area contributed by atoms with E-state index in [4.69, 9.17) is 24.5 Å². The Bertz CT molecular complexity index is 891. The summed E-state index contributed by atoms with van der Waals surface area (Å²) in [5.74, 6) is -0.517. The molecule has 0 saturated carbocycles. The second-order valence-electron chi connectivity index (χ2n) is 7.48. The minimum Gasteiger partial charge on any atom is -0.457 e. The second kappa shape index (κ2) is 12.2. The van der Waals surface area contributed by atoms with Gasteiger partial charge in [-0.3, -0.25) is 4.79 Å². The van der Waals surface area contributed by atoms with Crippen molar-refractivity contribution >= 4 is 5.97 Å². The molecule has 0 spiro atoms. The summed E-state index contributed by atoms with van der Waals surface area (Å²) >= 11 is 0. The van der Waals surface area contributed by atoms with Crippen LogP contribution in [-0.4, -0.2) is 48.3 Å². The van der Waals surface area contributed by atoms with E-state index in [9.17, 15) is 9.90 Å². The van der Waals surface area contributed by atoms with Crippen molar-refractivity contribution in [3.8, 4) is 0 Å². The summed E-state index contributed by atoms with van der Waals surface area (Å²) in [6.45, 7) is 1.90. The molecule has 9 nitrogen and oxygen atoms in total. The number of nitrogens with zero attached hydrogens (tertiary/aromatic N) is 3. The molecule has 0 radical (unpaired) electrons. The third-order valence-corrected chi connectivity index (χ3v) is 5.05. The molecule has 1 aliphatic rings. The first-order chi connectivity index (χ1) is 15.6. The van der Waals surface area contributed by atoms with E-state index >= 15 is 0 Å². The zero-order chi connectivity index (χ0) is 22.8. The number of hydrogen-bond donors (Lipinski definition) is 1. The lowest BCUT2D eigenvalue weighted by Gasteiger charge is -2.30. The SMILES string of the molecule is CC(=O)O[C@H]1C(OCc2ccccc2)CC(N=[N+]=[N-])[C@H](O)OC1COCc1ccccc1. The maximum atomic E-state index is 11.9. The largest absolute Gasteiger partial charge is 0.457 e. The van der Waals surface area contributed by atoms with E-state index < -0.39 is 36.6 Å². The van der Waals surface area contributed by atoms with Crippen LogP contribution < -0.4 is 0 Å². The first-order valence-electron chi connectivity index (χ1n) is 10.4. The summed E-state index contributed by atoms with van der Waals surface area (Å²) in [7, 11) is 0. The Balaban J connectivity index is 1.77. The summed E-state index contributed by atoms with van der Waals surface area (Å²) < 4.78 is 23.1. The molecular formula is C23H27N3O6. The summed E-state index contributed by atoms with van der Waals surface area (Å²) in [6, 6.07) is 18.2. The van der Waals surface area contributed by atoms with E-state index in [0.717, 1.165) is 11.1 Å². The molecule has 3 unspecified atom stereocenters. The first kappa shape index (κ1) is 23.7. The topological polar surface area (TPSA) is 123 Å². The number of carbonyl (C=O) groups is 1. The molecule has 1 fully saturated rings. The Kier molecular flexibility index (Phi) is 9.03. The lowest BCUT2D eigenvalue weighted by molar-refractivity contribution is -0.201. The van der Waals surface area contributed by atoms with Crippen LogP contribution in [0.3, 0.4) is 0 Å². The third kappa shape index (κ3) is 7.05. The normalized spacial score (nSPS) is 25.4. The molecule has 1 N–H and O–H groups in total. The van der Waals surface area contributed by atoms with Crippen molar-refractivity contribution in [3.05, 3.63) is 82.2 Å².